The average molecular weight is 829 g/mol. The van der Waals surface area contributed by atoms with Gasteiger partial charge in [0.1, 0.15) is 0 Å². The third-order valence-corrected chi connectivity index (χ3v) is 7.91. The number of hydrogen-bond donors (Lipinski definition) is 0. The van der Waals surface area contributed by atoms with Crippen LogP contribution in [0.15, 0.2) is 155 Å². The van der Waals surface area contributed by atoms with Crippen molar-refractivity contribution in [2.75, 3.05) is 26.4 Å². The van der Waals surface area contributed by atoms with Gasteiger partial charge in [-0.1, -0.05) is 158 Å². The van der Waals surface area contributed by atoms with Crippen LogP contribution in [0.2, 0.25) is 0 Å². The first-order valence-electron chi connectivity index (χ1n) is 18.5. The molecule has 0 N–H and O–H groups in total. The van der Waals surface area contributed by atoms with E-state index in [1.165, 1.54) is 47.9 Å². The molecular formula is C46H58Cl2CrLiN4O2. The molecule has 0 aliphatic carbocycles. The fourth-order valence-electron chi connectivity index (χ4n) is 5.01. The number of rotatable bonds is 12. The van der Waals surface area contributed by atoms with E-state index in [-0.39, 0.29) is 61.0 Å². The summed E-state index contributed by atoms with van der Waals surface area (Å²) in [5.74, 6) is 0. The van der Waals surface area contributed by atoms with E-state index < -0.39 is 0 Å². The molecule has 10 heteroatoms. The molecule has 0 spiro atoms. The number of benzene rings is 4. The maximum atomic E-state index is 4.94. The number of allylic oxidation sites excluding steroid dienone is 4. The van der Waals surface area contributed by atoms with Crippen molar-refractivity contribution in [2.24, 2.45) is 9.98 Å². The third kappa shape index (κ3) is 28.3. The molecule has 0 saturated carbocycles. The Balaban J connectivity index is 0. The molecule has 0 unspecified atom stereocenters. The van der Waals surface area contributed by atoms with E-state index in [4.69, 9.17) is 9.47 Å². The van der Waals surface area contributed by atoms with Crippen molar-refractivity contribution in [3.05, 3.63) is 178 Å². The average Bonchev–Trinajstić information content (AvgIpc) is 3.98. The maximum Gasteiger partial charge on any atom is 3.00 e. The summed E-state index contributed by atoms with van der Waals surface area (Å²) in [5, 5.41) is 9.14. The second-order valence-corrected chi connectivity index (χ2v) is 12.7. The Kier molecular flexibility index (Phi) is 35.7. The maximum absolute atomic E-state index is 4.94. The molecule has 2 heterocycles. The van der Waals surface area contributed by atoms with Crippen molar-refractivity contribution in [1.82, 2.24) is 0 Å². The zero-order valence-corrected chi connectivity index (χ0v) is 36.7. The van der Waals surface area contributed by atoms with Crippen molar-refractivity contribution >= 4 is 11.4 Å². The Morgan fingerprint density at radius 2 is 0.750 bits per heavy atom. The Morgan fingerprint density at radius 3 is 1.00 bits per heavy atom. The predicted molar refractivity (Wildman–Crippen MR) is 221 cm³/mol. The molecule has 0 bridgehead atoms. The molecular weight excluding hydrogens is 770 g/mol. The standard InChI is InChI=1S/2C19H21N2.2C4H8O.2ClH.Cr.Li/c2*1-16(20-14-18-9-5-3-6-10-18)13-17(2)21-15-19-11-7-4-8-12-19;2*1-2-4-5-3-1;;;;/h2*3-13H,14-15H2,1-2H3;2*1-4H2;2*1H;;/q2*-1;;;;;+3;+1/p-2/b2*16-13-,21-17?;;;;;;. The molecule has 4 aromatic rings. The molecule has 6 rings (SSSR count). The summed E-state index contributed by atoms with van der Waals surface area (Å²) in [6.07, 6.45) is 9.18. The van der Waals surface area contributed by atoms with Crippen LogP contribution in [0, 0.1) is 0 Å². The van der Waals surface area contributed by atoms with Gasteiger partial charge in [-0.05, 0) is 50.7 Å². The number of halogens is 2. The topological polar surface area (TPSA) is 71.4 Å². The molecule has 0 atom stereocenters. The van der Waals surface area contributed by atoms with Crippen LogP contribution in [0.3, 0.4) is 0 Å². The summed E-state index contributed by atoms with van der Waals surface area (Å²) in [7, 11) is 0. The van der Waals surface area contributed by atoms with Gasteiger partial charge in [0.25, 0.3) is 0 Å². The van der Waals surface area contributed by atoms with Gasteiger partial charge < -0.3 is 44.9 Å². The van der Waals surface area contributed by atoms with E-state index >= 15 is 0 Å². The minimum absolute atomic E-state index is 0. The van der Waals surface area contributed by atoms with Crippen LogP contribution in [-0.2, 0) is 53.0 Å². The van der Waals surface area contributed by atoms with Crippen LogP contribution in [-0.4, -0.2) is 37.9 Å². The summed E-state index contributed by atoms with van der Waals surface area (Å²) >= 11 is 0. The fraction of sp³-hybridized carbons (Fsp3) is 0.348. The zero-order chi connectivity index (χ0) is 36.9. The van der Waals surface area contributed by atoms with E-state index in [1.54, 1.807) is 0 Å². The summed E-state index contributed by atoms with van der Waals surface area (Å²) in [6.45, 7) is 14.9. The minimum Gasteiger partial charge on any atom is -1.00 e. The third-order valence-electron chi connectivity index (χ3n) is 7.91. The van der Waals surface area contributed by atoms with Gasteiger partial charge in [-0.3, -0.25) is 9.98 Å². The molecule has 1 radical (unpaired) electrons. The number of ether oxygens (including phenoxy) is 2. The molecule has 2 aliphatic heterocycles. The van der Waals surface area contributed by atoms with E-state index in [1.807, 2.05) is 113 Å². The molecule has 6 nitrogen and oxygen atoms in total. The van der Waals surface area contributed by atoms with Gasteiger partial charge in [0.2, 0.25) is 0 Å². The van der Waals surface area contributed by atoms with Crippen molar-refractivity contribution in [1.29, 1.82) is 0 Å². The van der Waals surface area contributed by atoms with E-state index in [0.29, 0.717) is 0 Å². The van der Waals surface area contributed by atoms with Gasteiger partial charge in [0.05, 0.1) is 13.1 Å². The molecule has 56 heavy (non-hydrogen) atoms. The predicted octanol–water partition coefficient (Wildman–Crippen LogP) is 2.85. The molecule has 4 aromatic carbocycles. The van der Waals surface area contributed by atoms with Crippen LogP contribution in [0.1, 0.15) is 75.6 Å². The first-order valence-corrected chi connectivity index (χ1v) is 18.5. The monoisotopic (exact) mass is 827 g/mol. The Hall–Kier alpha value is -3.07. The van der Waals surface area contributed by atoms with Gasteiger partial charge in [-0.15, -0.1) is 13.1 Å². The summed E-state index contributed by atoms with van der Waals surface area (Å²) in [6, 6.07) is 41.1. The Labute approximate surface area is 373 Å². The molecule has 0 aromatic heterocycles. The zero-order valence-electron chi connectivity index (χ0n) is 34.0. The molecule has 0 amide bonds. The first-order chi connectivity index (χ1) is 25.5. The quantitative estimate of drug-likeness (QED) is 0.163. The first kappa shape index (κ1) is 55.0. The second-order valence-electron chi connectivity index (χ2n) is 12.7. The molecule has 2 fully saturated rings. The Morgan fingerprint density at radius 1 is 0.482 bits per heavy atom. The molecule has 295 valence electrons. The van der Waals surface area contributed by atoms with Gasteiger partial charge >= 0.3 is 36.2 Å². The Bertz CT molecular complexity index is 1480. The van der Waals surface area contributed by atoms with Gasteiger partial charge in [-0.25, -0.2) is 0 Å². The fourth-order valence-corrected chi connectivity index (χ4v) is 5.01. The summed E-state index contributed by atoms with van der Waals surface area (Å²) < 4.78 is 9.89. The van der Waals surface area contributed by atoms with Crippen LogP contribution in [0.25, 0.3) is 10.6 Å². The van der Waals surface area contributed by atoms with Crippen molar-refractivity contribution in [2.45, 2.75) is 79.6 Å². The smallest absolute Gasteiger partial charge is 1.00 e. The van der Waals surface area contributed by atoms with Crippen LogP contribution < -0.4 is 43.7 Å². The van der Waals surface area contributed by atoms with Crippen molar-refractivity contribution < 1.29 is 70.5 Å². The van der Waals surface area contributed by atoms with Gasteiger partial charge in [0, 0.05) is 37.9 Å². The van der Waals surface area contributed by atoms with Gasteiger partial charge in [-0.2, -0.15) is 11.4 Å². The van der Waals surface area contributed by atoms with E-state index in [2.05, 4.69) is 69.1 Å². The van der Waals surface area contributed by atoms with Crippen molar-refractivity contribution in [3.8, 4) is 0 Å². The molecule has 2 saturated heterocycles. The second kappa shape index (κ2) is 36.3. The number of nitrogens with zero attached hydrogens (tertiary/aromatic N) is 4. The van der Waals surface area contributed by atoms with E-state index in [9.17, 15) is 0 Å². The van der Waals surface area contributed by atoms with Crippen molar-refractivity contribution in [3.63, 3.8) is 0 Å². The number of hydrogen-bond acceptors (Lipinski definition) is 4. The SMILES string of the molecule is C1CCOC1.C1CCOC1.CC(/C=C(/C)[N-]Cc1ccccc1)=NCc1ccccc1.CC(/C=C(/C)[N-]Cc1ccccc1)=NCc1ccccc1.[Cl-].[Cl-].[Cr+3].[Li+]. The van der Waals surface area contributed by atoms with Crippen LogP contribution in [0.4, 0.5) is 0 Å². The number of aliphatic imine (C=N–C) groups is 2. The van der Waals surface area contributed by atoms with E-state index in [0.717, 1.165) is 75.4 Å². The summed E-state index contributed by atoms with van der Waals surface area (Å²) in [5.41, 5.74) is 8.93. The minimum atomic E-state index is 0. The van der Waals surface area contributed by atoms with Crippen LogP contribution >= 0.6 is 0 Å². The largest absolute Gasteiger partial charge is 3.00 e. The molecule has 2 aliphatic rings. The summed E-state index contributed by atoms with van der Waals surface area (Å²) in [4.78, 5) is 9.14. The van der Waals surface area contributed by atoms with Crippen LogP contribution in [0.5, 0.6) is 0 Å². The van der Waals surface area contributed by atoms with Gasteiger partial charge in [0.15, 0.2) is 0 Å². The normalized spacial score (nSPS) is 13.5.